The van der Waals surface area contributed by atoms with E-state index >= 15 is 0 Å². The van der Waals surface area contributed by atoms with Crippen molar-refractivity contribution in [2.24, 2.45) is 0 Å². The highest BCUT2D eigenvalue weighted by Gasteiger charge is 2.44. The van der Waals surface area contributed by atoms with Crippen LogP contribution in [-0.4, -0.2) is 34.3 Å². The first kappa shape index (κ1) is 20.9. The Morgan fingerprint density at radius 3 is 3.00 bits per heavy atom. The van der Waals surface area contributed by atoms with Crippen molar-refractivity contribution in [2.75, 3.05) is 0 Å². The minimum atomic E-state index is -2.22. The van der Waals surface area contributed by atoms with E-state index in [2.05, 4.69) is 10.9 Å². The maximum atomic E-state index is 12.1. The van der Waals surface area contributed by atoms with E-state index in [0.29, 0.717) is 12.2 Å². The molecule has 1 aromatic heterocycles. The van der Waals surface area contributed by atoms with Gasteiger partial charge in [0, 0.05) is 11.8 Å². The van der Waals surface area contributed by atoms with Crippen LogP contribution in [0, 0.1) is 19.3 Å². The molecular weight excluding hydrogens is 410 g/mol. The Bertz CT molecular complexity index is 1120. The van der Waals surface area contributed by atoms with Crippen molar-refractivity contribution in [3.05, 3.63) is 61.9 Å². The van der Waals surface area contributed by atoms with Crippen LogP contribution in [0.5, 0.6) is 5.75 Å². The SMILES string of the molecule is [B][C@](O)(OP1OCc2cccc(C)c2O1)C1CCC(n2cc(C#C)c(=O)[nH]c2=O)O1. The van der Waals surface area contributed by atoms with E-state index in [1.54, 1.807) is 0 Å². The molecule has 0 bridgehead atoms. The summed E-state index contributed by atoms with van der Waals surface area (Å²) < 4.78 is 23.7. The maximum Gasteiger partial charge on any atom is 0.399 e. The summed E-state index contributed by atoms with van der Waals surface area (Å²) in [5.74, 6) is 2.84. The molecule has 2 aromatic rings. The molecule has 4 atom stereocenters. The smallest absolute Gasteiger partial charge is 0.399 e. The van der Waals surface area contributed by atoms with Gasteiger partial charge in [-0.2, -0.15) is 0 Å². The predicted octanol–water partition coefficient (Wildman–Crippen LogP) is 1.17. The Morgan fingerprint density at radius 2 is 2.23 bits per heavy atom. The van der Waals surface area contributed by atoms with Gasteiger partial charge in [0.15, 0.2) is 13.5 Å². The number of rotatable bonds is 4. The van der Waals surface area contributed by atoms with Gasteiger partial charge >= 0.3 is 14.3 Å². The van der Waals surface area contributed by atoms with Gasteiger partial charge in [-0.05, 0) is 25.3 Å². The summed E-state index contributed by atoms with van der Waals surface area (Å²) in [5, 5.41) is 10.7. The van der Waals surface area contributed by atoms with Crippen molar-refractivity contribution in [1.82, 2.24) is 9.55 Å². The van der Waals surface area contributed by atoms with Gasteiger partial charge in [0.05, 0.1) is 6.61 Å². The number of para-hydroxylation sites is 1. The van der Waals surface area contributed by atoms with E-state index in [-0.39, 0.29) is 18.6 Å². The van der Waals surface area contributed by atoms with E-state index in [9.17, 15) is 14.7 Å². The van der Waals surface area contributed by atoms with Crippen LogP contribution in [0.25, 0.3) is 0 Å². The summed E-state index contributed by atoms with van der Waals surface area (Å²) in [6.45, 7) is 2.15. The van der Waals surface area contributed by atoms with Crippen LogP contribution >= 0.6 is 8.60 Å². The molecule has 2 radical (unpaired) electrons. The normalized spacial score (nSPS) is 25.0. The molecule has 11 heteroatoms. The number of benzene rings is 1. The Hall–Kier alpha value is -2.41. The number of fused-ring (bicyclic) bond motifs is 1. The fourth-order valence-electron chi connectivity index (χ4n) is 3.33. The number of aliphatic hydroxyl groups is 1. The zero-order valence-corrected chi connectivity index (χ0v) is 16.9. The molecule has 1 saturated heterocycles. The molecule has 9 nitrogen and oxygen atoms in total. The molecule has 4 rings (SSSR count). The van der Waals surface area contributed by atoms with Crippen LogP contribution in [0.2, 0.25) is 0 Å². The Kier molecular flexibility index (Phi) is 5.58. The van der Waals surface area contributed by atoms with E-state index in [1.807, 2.05) is 25.1 Å². The number of aromatic amines is 1. The summed E-state index contributed by atoms with van der Waals surface area (Å²) in [6.07, 6.45) is 5.39. The average Bonchev–Trinajstić information content (AvgIpc) is 3.19. The van der Waals surface area contributed by atoms with Gasteiger partial charge in [-0.3, -0.25) is 23.4 Å². The Morgan fingerprint density at radius 1 is 1.43 bits per heavy atom. The Balaban J connectivity index is 1.46. The summed E-state index contributed by atoms with van der Waals surface area (Å²) in [5.41, 5.74) is -1.79. The lowest BCUT2D eigenvalue weighted by molar-refractivity contribution is -0.172. The molecule has 2 aliphatic rings. The number of nitrogens with zero attached hydrogens (tertiary/aromatic N) is 1. The molecule has 3 unspecified atom stereocenters. The van der Waals surface area contributed by atoms with E-state index in [0.717, 1.165) is 15.7 Å². The van der Waals surface area contributed by atoms with E-state index in [1.165, 1.54) is 6.20 Å². The highest BCUT2D eigenvalue weighted by atomic mass is 31.2. The molecule has 30 heavy (non-hydrogen) atoms. The molecule has 0 amide bonds. The monoisotopic (exact) mass is 428 g/mol. The molecule has 1 aromatic carbocycles. The third kappa shape index (κ3) is 3.95. The van der Waals surface area contributed by atoms with Crippen molar-refractivity contribution in [1.29, 1.82) is 0 Å². The maximum absolute atomic E-state index is 12.1. The predicted molar refractivity (Wildman–Crippen MR) is 108 cm³/mol. The Labute approximate surface area is 174 Å². The van der Waals surface area contributed by atoms with Crippen molar-refractivity contribution < 1.29 is 23.4 Å². The molecule has 2 aliphatic heterocycles. The number of H-pyrrole nitrogens is 1. The number of nitrogens with one attached hydrogen (secondary N) is 1. The van der Waals surface area contributed by atoms with Crippen LogP contribution in [-0.2, 0) is 20.4 Å². The van der Waals surface area contributed by atoms with Crippen molar-refractivity contribution in [3.63, 3.8) is 0 Å². The quantitative estimate of drug-likeness (QED) is 0.326. The van der Waals surface area contributed by atoms with Gasteiger partial charge in [0.1, 0.15) is 23.6 Å². The molecule has 0 spiro atoms. The second-order valence-corrected chi connectivity index (χ2v) is 8.08. The summed E-state index contributed by atoms with van der Waals surface area (Å²) in [4.78, 5) is 25.9. The summed E-state index contributed by atoms with van der Waals surface area (Å²) >= 11 is 0. The largest absolute Gasteiger partial charge is 0.426 e. The number of terminal acetylenes is 1. The van der Waals surface area contributed by atoms with Gasteiger partial charge in [0.2, 0.25) is 0 Å². The van der Waals surface area contributed by atoms with Crippen molar-refractivity contribution >= 4 is 16.4 Å². The minimum absolute atomic E-state index is 0.0117. The third-order valence-electron chi connectivity index (χ3n) is 4.90. The standard InChI is InChI=1S/C19H18BN2O7P/c1-3-12-9-22(18(24)21-17(12)23)15-8-7-14(27-15)19(20,25)29-30-26-10-13-6-4-5-11(2)16(13)28-30/h1,4-6,9,14-15,25H,7-8,10H2,2H3,(H,21,23,24)/t14?,15?,19-,30?/m1/s1. The highest BCUT2D eigenvalue weighted by Crippen LogP contribution is 2.51. The van der Waals surface area contributed by atoms with Crippen LogP contribution in [0.3, 0.4) is 0 Å². The molecule has 1 fully saturated rings. The van der Waals surface area contributed by atoms with E-state index < -0.39 is 37.9 Å². The topological polar surface area (TPSA) is 112 Å². The van der Waals surface area contributed by atoms with Gasteiger partial charge in [-0.1, -0.05) is 24.1 Å². The molecule has 154 valence electrons. The zero-order valence-electron chi connectivity index (χ0n) is 16.0. The number of aryl methyl sites for hydroxylation is 1. The molecule has 0 saturated carbocycles. The highest BCUT2D eigenvalue weighted by molar-refractivity contribution is 7.42. The second kappa shape index (κ2) is 8.02. The van der Waals surface area contributed by atoms with Crippen LogP contribution in [0.4, 0.5) is 0 Å². The first-order valence-corrected chi connectivity index (χ1v) is 10.3. The lowest BCUT2D eigenvalue weighted by atomic mass is 9.88. The first-order valence-electron chi connectivity index (χ1n) is 9.16. The molecule has 2 N–H and O–H groups in total. The number of ether oxygens (including phenoxy) is 1. The van der Waals surface area contributed by atoms with Crippen LogP contribution < -0.4 is 15.8 Å². The average molecular weight is 428 g/mol. The third-order valence-corrected chi connectivity index (χ3v) is 6.01. The van der Waals surface area contributed by atoms with Gasteiger partial charge < -0.3 is 14.4 Å². The second-order valence-electron chi connectivity index (χ2n) is 7.01. The van der Waals surface area contributed by atoms with Crippen LogP contribution in [0.1, 0.15) is 35.8 Å². The van der Waals surface area contributed by atoms with Crippen molar-refractivity contribution in [3.8, 4) is 18.1 Å². The first-order chi connectivity index (χ1) is 14.3. The number of aromatic nitrogens is 2. The lowest BCUT2D eigenvalue weighted by Gasteiger charge is -2.34. The lowest BCUT2D eigenvalue weighted by Crippen LogP contribution is -2.45. The minimum Gasteiger partial charge on any atom is -0.426 e. The molecular formula is C19H18BN2O7P. The van der Waals surface area contributed by atoms with Gasteiger partial charge in [-0.25, -0.2) is 4.79 Å². The zero-order chi connectivity index (χ0) is 21.5. The summed E-state index contributed by atoms with van der Waals surface area (Å²) in [7, 11) is 3.99. The van der Waals surface area contributed by atoms with Gasteiger partial charge in [-0.15, -0.1) is 6.42 Å². The summed E-state index contributed by atoms with van der Waals surface area (Å²) in [6, 6.07) is 5.66. The number of hydrogen-bond donors (Lipinski definition) is 2. The van der Waals surface area contributed by atoms with E-state index in [4.69, 9.17) is 32.6 Å². The van der Waals surface area contributed by atoms with Crippen molar-refractivity contribution in [2.45, 2.75) is 44.4 Å². The fraction of sp³-hybridized carbons (Fsp3) is 0.368. The number of hydrogen-bond acceptors (Lipinski definition) is 7. The van der Waals surface area contributed by atoms with Gasteiger partial charge in [0.25, 0.3) is 5.56 Å². The molecule has 0 aliphatic carbocycles. The molecule has 3 heterocycles. The van der Waals surface area contributed by atoms with Crippen LogP contribution in [0.15, 0.2) is 34.0 Å². The fourth-order valence-corrected chi connectivity index (χ4v) is 4.49.